The van der Waals surface area contributed by atoms with Gasteiger partial charge in [-0.1, -0.05) is 31.5 Å². The van der Waals surface area contributed by atoms with E-state index in [9.17, 15) is 14.4 Å². The first-order valence-corrected chi connectivity index (χ1v) is 12.0. The maximum atomic E-state index is 13.7. The molecule has 2 atom stereocenters. The van der Waals surface area contributed by atoms with E-state index >= 15 is 0 Å². The third-order valence-corrected chi connectivity index (χ3v) is 7.06. The molecule has 1 saturated carbocycles. The van der Waals surface area contributed by atoms with Gasteiger partial charge in [0.25, 0.3) is 0 Å². The molecule has 0 aromatic heterocycles. The van der Waals surface area contributed by atoms with E-state index in [-0.39, 0.29) is 35.6 Å². The smallest absolute Gasteiger partial charge is 0.228 e. The number of nitrogens with zero attached hydrogens (tertiary/aromatic N) is 3. The van der Waals surface area contributed by atoms with Crippen LogP contribution in [-0.4, -0.2) is 72.3 Å². The average molecular weight is 442 g/mol. The van der Waals surface area contributed by atoms with E-state index in [0.29, 0.717) is 51.3 Å². The summed E-state index contributed by atoms with van der Waals surface area (Å²) in [4.78, 5) is 44.8. The number of para-hydroxylation sites is 1. The standard InChI is InChI=1S/C25H35N3O4/c1-3-4-13-28-22(29)12-11-20(23(28)19-7-5-6-8-21(19)32-2)25(31)27-16-14-26(15-17-27)24(30)18-9-10-18/h5-8,18,20,23H,3-4,9-17H2,1-2H3/t20-,23+/m0/s1. The van der Waals surface area contributed by atoms with Crippen molar-refractivity contribution in [1.82, 2.24) is 14.7 Å². The number of benzene rings is 1. The van der Waals surface area contributed by atoms with Crippen LogP contribution in [-0.2, 0) is 14.4 Å². The van der Waals surface area contributed by atoms with Crippen LogP contribution in [0.3, 0.4) is 0 Å². The largest absolute Gasteiger partial charge is 0.496 e. The summed E-state index contributed by atoms with van der Waals surface area (Å²) < 4.78 is 5.62. The number of ether oxygens (including phenoxy) is 1. The van der Waals surface area contributed by atoms with E-state index in [1.54, 1.807) is 7.11 Å². The first kappa shape index (κ1) is 22.6. The van der Waals surface area contributed by atoms with E-state index in [2.05, 4.69) is 6.92 Å². The van der Waals surface area contributed by atoms with Gasteiger partial charge in [-0.05, 0) is 31.7 Å². The molecular weight excluding hydrogens is 406 g/mol. The minimum Gasteiger partial charge on any atom is -0.496 e. The van der Waals surface area contributed by atoms with Crippen molar-refractivity contribution in [2.24, 2.45) is 11.8 Å². The molecule has 0 spiro atoms. The number of hydrogen-bond acceptors (Lipinski definition) is 4. The zero-order valence-corrected chi connectivity index (χ0v) is 19.3. The molecule has 3 aliphatic rings. The molecule has 0 bridgehead atoms. The van der Waals surface area contributed by atoms with Crippen molar-refractivity contribution in [2.75, 3.05) is 39.8 Å². The summed E-state index contributed by atoms with van der Waals surface area (Å²) >= 11 is 0. The first-order valence-electron chi connectivity index (χ1n) is 12.0. The van der Waals surface area contributed by atoms with Crippen molar-refractivity contribution in [3.05, 3.63) is 29.8 Å². The maximum absolute atomic E-state index is 13.7. The van der Waals surface area contributed by atoms with Crippen molar-refractivity contribution in [1.29, 1.82) is 0 Å². The minimum absolute atomic E-state index is 0.0911. The number of hydrogen-bond donors (Lipinski definition) is 0. The van der Waals surface area contributed by atoms with E-state index < -0.39 is 0 Å². The topological polar surface area (TPSA) is 70.2 Å². The Hall–Kier alpha value is -2.57. The molecule has 2 aliphatic heterocycles. The number of piperidine rings is 1. The van der Waals surface area contributed by atoms with Crippen LogP contribution < -0.4 is 4.74 Å². The SMILES string of the molecule is CCCCN1C(=O)CC[C@H](C(=O)N2CCN(C(=O)C3CC3)CC2)[C@H]1c1ccccc1OC. The molecule has 1 aromatic rings. The molecule has 0 radical (unpaired) electrons. The summed E-state index contributed by atoms with van der Waals surface area (Å²) in [6, 6.07) is 7.41. The van der Waals surface area contributed by atoms with Crippen LogP contribution in [0.4, 0.5) is 0 Å². The number of carbonyl (C=O) groups is 3. The Bertz CT molecular complexity index is 845. The minimum atomic E-state index is -0.322. The van der Waals surface area contributed by atoms with Crippen LogP contribution in [0.25, 0.3) is 0 Å². The monoisotopic (exact) mass is 441 g/mol. The fraction of sp³-hybridized carbons (Fsp3) is 0.640. The normalized spacial score (nSPS) is 23.9. The van der Waals surface area contributed by atoms with E-state index in [1.807, 2.05) is 39.0 Å². The molecule has 3 fully saturated rings. The zero-order chi connectivity index (χ0) is 22.7. The summed E-state index contributed by atoms with van der Waals surface area (Å²) in [7, 11) is 1.63. The van der Waals surface area contributed by atoms with Crippen molar-refractivity contribution in [3.8, 4) is 5.75 Å². The lowest BCUT2D eigenvalue weighted by atomic mass is 9.82. The predicted octanol–water partition coefficient (Wildman–Crippen LogP) is 2.86. The highest BCUT2D eigenvalue weighted by Gasteiger charge is 2.44. The fourth-order valence-electron chi connectivity index (χ4n) is 5.07. The summed E-state index contributed by atoms with van der Waals surface area (Å²) in [6.45, 7) is 5.09. The lowest BCUT2D eigenvalue weighted by Crippen LogP contribution is -2.55. The summed E-state index contributed by atoms with van der Waals surface area (Å²) in [5, 5.41) is 0. The number of likely N-dealkylation sites (tertiary alicyclic amines) is 1. The second-order valence-corrected chi connectivity index (χ2v) is 9.20. The Kier molecular flexibility index (Phi) is 7.01. The van der Waals surface area contributed by atoms with Gasteiger partial charge < -0.3 is 19.4 Å². The molecule has 1 aliphatic carbocycles. The van der Waals surface area contributed by atoms with Crippen molar-refractivity contribution < 1.29 is 19.1 Å². The van der Waals surface area contributed by atoms with Crippen LogP contribution in [0.5, 0.6) is 5.75 Å². The Balaban J connectivity index is 1.55. The summed E-state index contributed by atoms with van der Waals surface area (Å²) in [5.74, 6) is 1.08. The highest BCUT2D eigenvalue weighted by Crippen LogP contribution is 2.41. The summed E-state index contributed by atoms with van der Waals surface area (Å²) in [5.41, 5.74) is 0.903. The van der Waals surface area contributed by atoms with Gasteiger partial charge in [-0.2, -0.15) is 0 Å². The molecule has 0 unspecified atom stereocenters. The second kappa shape index (κ2) is 9.92. The molecular formula is C25H35N3O4. The quantitative estimate of drug-likeness (QED) is 0.652. The highest BCUT2D eigenvalue weighted by molar-refractivity contribution is 5.86. The van der Waals surface area contributed by atoms with Crippen LogP contribution in [0, 0.1) is 11.8 Å². The molecule has 32 heavy (non-hydrogen) atoms. The van der Waals surface area contributed by atoms with Crippen LogP contribution in [0.1, 0.15) is 57.1 Å². The van der Waals surface area contributed by atoms with E-state index in [0.717, 1.165) is 31.2 Å². The Morgan fingerprint density at radius 1 is 1.00 bits per heavy atom. The van der Waals surface area contributed by atoms with E-state index in [4.69, 9.17) is 4.74 Å². The Labute approximate surface area is 190 Å². The van der Waals surface area contributed by atoms with Crippen molar-refractivity contribution in [2.45, 2.75) is 51.5 Å². The molecule has 174 valence electrons. The highest BCUT2D eigenvalue weighted by atomic mass is 16.5. The van der Waals surface area contributed by atoms with Crippen LogP contribution in [0.2, 0.25) is 0 Å². The lowest BCUT2D eigenvalue weighted by molar-refractivity contribution is -0.151. The number of unbranched alkanes of at least 4 members (excludes halogenated alkanes) is 1. The zero-order valence-electron chi connectivity index (χ0n) is 19.3. The third-order valence-electron chi connectivity index (χ3n) is 7.06. The van der Waals surface area contributed by atoms with Crippen LogP contribution in [0.15, 0.2) is 24.3 Å². The number of methoxy groups -OCH3 is 1. The molecule has 3 amide bonds. The van der Waals surface area contributed by atoms with E-state index in [1.165, 1.54) is 0 Å². The van der Waals surface area contributed by atoms with Gasteiger partial charge in [-0.15, -0.1) is 0 Å². The maximum Gasteiger partial charge on any atom is 0.228 e. The third kappa shape index (κ3) is 4.62. The molecule has 2 saturated heterocycles. The van der Waals surface area contributed by atoms with Gasteiger partial charge in [0.05, 0.1) is 19.1 Å². The van der Waals surface area contributed by atoms with Crippen LogP contribution >= 0.6 is 0 Å². The second-order valence-electron chi connectivity index (χ2n) is 9.20. The molecule has 1 aromatic carbocycles. The molecule has 7 nitrogen and oxygen atoms in total. The molecule has 4 rings (SSSR count). The van der Waals surface area contributed by atoms with Gasteiger partial charge in [-0.3, -0.25) is 14.4 Å². The van der Waals surface area contributed by atoms with Crippen molar-refractivity contribution in [3.63, 3.8) is 0 Å². The van der Waals surface area contributed by atoms with Gasteiger partial charge in [0.15, 0.2) is 0 Å². The lowest BCUT2D eigenvalue weighted by Gasteiger charge is -2.44. The molecule has 0 N–H and O–H groups in total. The van der Waals surface area contributed by atoms with Gasteiger partial charge in [0.1, 0.15) is 5.75 Å². The molecule has 2 heterocycles. The van der Waals surface area contributed by atoms with Gasteiger partial charge in [-0.25, -0.2) is 0 Å². The number of amides is 3. The van der Waals surface area contributed by atoms with Gasteiger partial charge in [0.2, 0.25) is 17.7 Å². The van der Waals surface area contributed by atoms with Crippen molar-refractivity contribution >= 4 is 17.7 Å². The number of piperazine rings is 1. The first-order chi connectivity index (χ1) is 15.5. The predicted molar refractivity (Wildman–Crippen MR) is 121 cm³/mol. The summed E-state index contributed by atoms with van der Waals surface area (Å²) in [6.07, 6.45) is 4.83. The number of rotatable bonds is 7. The molecule has 7 heteroatoms. The Morgan fingerprint density at radius 2 is 1.66 bits per heavy atom. The fourth-order valence-corrected chi connectivity index (χ4v) is 5.07. The van der Waals surface area contributed by atoms with Gasteiger partial charge >= 0.3 is 0 Å². The van der Waals surface area contributed by atoms with Gasteiger partial charge in [0, 0.05) is 50.6 Å². The number of carbonyl (C=O) groups excluding carboxylic acids is 3. The Morgan fingerprint density at radius 3 is 2.28 bits per heavy atom. The average Bonchev–Trinajstić information content (AvgIpc) is 3.68.